The van der Waals surface area contributed by atoms with Gasteiger partial charge in [0.25, 0.3) is 0 Å². The standard InChI is InChI=1S/C20H18N2.2BrH.2H2O/c1-3-7-19-15-21(11-9-17(19)5-1)13-14-22-12-10-18-6-2-4-8-20(18)16-22;;;;/h1-12,15-16H,13-14H2;2*1H;2*1H2/q+2;;;;/p-2. The van der Waals surface area contributed by atoms with Gasteiger partial charge in [-0.25, -0.2) is 0 Å². The first kappa shape index (κ1) is 24.1. The predicted molar refractivity (Wildman–Crippen MR) is 95.5 cm³/mol. The molecule has 4 rings (SSSR count). The summed E-state index contributed by atoms with van der Waals surface area (Å²) in [4.78, 5) is 0. The summed E-state index contributed by atoms with van der Waals surface area (Å²) in [6.45, 7) is 1.93. The molecule has 138 valence electrons. The Morgan fingerprint density at radius 1 is 0.500 bits per heavy atom. The van der Waals surface area contributed by atoms with Gasteiger partial charge in [0, 0.05) is 22.9 Å². The molecule has 0 amide bonds. The average Bonchev–Trinajstić information content (AvgIpc) is 2.59. The topological polar surface area (TPSA) is 70.8 Å². The van der Waals surface area contributed by atoms with E-state index in [1.165, 1.54) is 21.5 Å². The van der Waals surface area contributed by atoms with Crippen LogP contribution in [0, 0.1) is 0 Å². The van der Waals surface area contributed by atoms with Crippen molar-refractivity contribution in [1.29, 1.82) is 0 Å². The largest absolute Gasteiger partial charge is 1.00 e. The molecule has 0 bridgehead atoms. The molecule has 0 saturated carbocycles. The Labute approximate surface area is 173 Å². The fraction of sp³-hybridized carbons (Fsp3) is 0.100. The van der Waals surface area contributed by atoms with E-state index >= 15 is 0 Å². The van der Waals surface area contributed by atoms with Crippen molar-refractivity contribution in [3.05, 3.63) is 85.5 Å². The second kappa shape index (κ2) is 11.0. The fourth-order valence-corrected chi connectivity index (χ4v) is 2.87. The molecule has 4 aromatic rings. The van der Waals surface area contributed by atoms with Crippen molar-refractivity contribution in [3.63, 3.8) is 0 Å². The summed E-state index contributed by atoms with van der Waals surface area (Å²) >= 11 is 0. The molecule has 4 nitrogen and oxygen atoms in total. The minimum absolute atomic E-state index is 0. The lowest BCUT2D eigenvalue weighted by Gasteiger charge is -1.99. The molecular weight excluding hydrogens is 460 g/mol. The predicted octanol–water partition coefficient (Wildman–Crippen LogP) is -4.37. The van der Waals surface area contributed by atoms with Gasteiger partial charge >= 0.3 is 0 Å². The third kappa shape index (κ3) is 5.32. The fourth-order valence-electron chi connectivity index (χ4n) is 2.87. The third-order valence-electron chi connectivity index (χ3n) is 4.11. The molecule has 2 aromatic heterocycles. The quantitative estimate of drug-likeness (QED) is 0.265. The summed E-state index contributed by atoms with van der Waals surface area (Å²) in [5, 5.41) is 5.15. The lowest BCUT2D eigenvalue weighted by Crippen LogP contribution is -3.00. The molecular formula is C20H22Br2N2O2. The van der Waals surface area contributed by atoms with E-state index < -0.39 is 0 Å². The van der Waals surface area contributed by atoms with Gasteiger partial charge in [-0.15, -0.1) is 0 Å². The van der Waals surface area contributed by atoms with Crippen LogP contribution < -0.4 is 43.1 Å². The second-order valence-electron chi connectivity index (χ2n) is 5.62. The van der Waals surface area contributed by atoms with Gasteiger partial charge in [-0.05, 0) is 22.9 Å². The van der Waals surface area contributed by atoms with Crippen LogP contribution in [-0.2, 0) is 13.1 Å². The van der Waals surface area contributed by atoms with Crippen LogP contribution in [0.5, 0.6) is 0 Å². The first-order valence-electron chi connectivity index (χ1n) is 7.64. The SMILES string of the molecule is O.O.[Br-].[Br-].c1ccc2c[n+](CC[n+]3ccc4ccccc4c3)ccc2c1. The molecule has 2 heterocycles. The average molecular weight is 482 g/mol. The van der Waals surface area contributed by atoms with E-state index in [9.17, 15) is 0 Å². The number of rotatable bonds is 3. The minimum Gasteiger partial charge on any atom is -1.00 e. The smallest absolute Gasteiger partial charge is 0.206 e. The minimum atomic E-state index is 0. The maximum Gasteiger partial charge on any atom is 0.206 e. The van der Waals surface area contributed by atoms with Crippen LogP contribution in [0.2, 0.25) is 0 Å². The summed E-state index contributed by atoms with van der Waals surface area (Å²) in [7, 11) is 0. The lowest BCUT2D eigenvalue weighted by molar-refractivity contribution is -0.777. The highest BCUT2D eigenvalue weighted by Crippen LogP contribution is 2.10. The van der Waals surface area contributed by atoms with E-state index in [-0.39, 0.29) is 44.9 Å². The number of aromatic nitrogens is 2. The van der Waals surface area contributed by atoms with Gasteiger partial charge in [0.15, 0.2) is 24.8 Å². The van der Waals surface area contributed by atoms with Crippen LogP contribution >= 0.6 is 0 Å². The van der Waals surface area contributed by atoms with Gasteiger partial charge < -0.3 is 44.9 Å². The van der Waals surface area contributed by atoms with Crippen molar-refractivity contribution in [2.24, 2.45) is 0 Å². The molecule has 0 atom stereocenters. The molecule has 0 aliphatic rings. The Hall–Kier alpha value is -1.86. The highest BCUT2D eigenvalue weighted by molar-refractivity contribution is 5.80. The van der Waals surface area contributed by atoms with Crippen molar-refractivity contribution in [2.75, 3.05) is 0 Å². The van der Waals surface area contributed by atoms with Crippen LogP contribution in [0.15, 0.2) is 85.5 Å². The molecule has 0 aliphatic heterocycles. The van der Waals surface area contributed by atoms with Gasteiger partial charge in [-0.3, -0.25) is 0 Å². The number of hydrogen-bond acceptors (Lipinski definition) is 0. The monoisotopic (exact) mass is 480 g/mol. The summed E-state index contributed by atoms with van der Waals surface area (Å²) in [6, 6.07) is 21.3. The van der Waals surface area contributed by atoms with Crippen LogP contribution in [-0.4, -0.2) is 11.0 Å². The lowest BCUT2D eigenvalue weighted by atomic mass is 10.2. The summed E-state index contributed by atoms with van der Waals surface area (Å²) in [5.41, 5.74) is 0. The molecule has 0 aliphatic carbocycles. The van der Waals surface area contributed by atoms with E-state index in [1.54, 1.807) is 0 Å². The zero-order chi connectivity index (χ0) is 14.8. The molecule has 26 heavy (non-hydrogen) atoms. The van der Waals surface area contributed by atoms with Crippen molar-refractivity contribution >= 4 is 21.5 Å². The van der Waals surface area contributed by atoms with E-state index in [1.807, 2.05) is 0 Å². The van der Waals surface area contributed by atoms with Gasteiger partial charge in [0.1, 0.15) is 0 Å². The maximum atomic E-state index is 2.25. The molecule has 0 unspecified atom stereocenters. The maximum absolute atomic E-state index is 2.25. The van der Waals surface area contributed by atoms with E-state index in [4.69, 9.17) is 0 Å². The molecule has 0 radical (unpaired) electrons. The van der Waals surface area contributed by atoms with Gasteiger partial charge in [-0.2, -0.15) is 9.13 Å². The Morgan fingerprint density at radius 2 is 0.846 bits per heavy atom. The Kier molecular flexibility index (Phi) is 10.2. The first-order chi connectivity index (χ1) is 10.9. The number of aryl methyl sites for hydroxylation is 2. The van der Waals surface area contributed by atoms with Crippen LogP contribution in [0.4, 0.5) is 0 Å². The molecule has 0 fully saturated rings. The first-order valence-corrected chi connectivity index (χ1v) is 7.64. The Morgan fingerprint density at radius 3 is 1.23 bits per heavy atom. The van der Waals surface area contributed by atoms with E-state index in [0.29, 0.717) is 0 Å². The molecule has 6 heteroatoms. The zero-order valence-electron chi connectivity index (χ0n) is 14.1. The summed E-state index contributed by atoms with van der Waals surface area (Å²) < 4.78 is 4.51. The van der Waals surface area contributed by atoms with Crippen LogP contribution in [0.1, 0.15) is 0 Å². The molecule has 4 N–H and O–H groups in total. The molecule has 0 spiro atoms. The van der Waals surface area contributed by atoms with Crippen LogP contribution in [0.3, 0.4) is 0 Å². The summed E-state index contributed by atoms with van der Waals surface area (Å²) in [5.74, 6) is 0. The number of benzene rings is 2. The number of pyridine rings is 2. The Balaban J connectivity index is 0.00000156. The number of fused-ring (bicyclic) bond motifs is 2. The molecule has 2 aromatic carbocycles. The number of halogens is 2. The third-order valence-corrected chi connectivity index (χ3v) is 4.11. The number of nitrogens with zero attached hydrogens (tertiary/aromatic N) is 2. The highest BCUT2D eigenvalue weighted by Gasteiger charge is 2.08. The van der Waals surface area contributed by atoms with E-state index in [0.717, 1.165) is 13.1 Å². The number of hydrogen-bond donors (Lipinski definition) is 0. The van der Waals surface area contributed by atoms with Crippen molar-refractivity contribution < 1.29 is 54.0 Å². The summed E-state index contributed by atoms with van der Waals surface area (Å²) in [6.07, 6.45) is 8.75. The highest BCUT2D eigenvalue weighted by atomic mass is 79.9. The van der Waals surface area contributed by atoms with Gasteiger partial charge in [0.05, 0.1) is 0 Å². The Bertz CT molecular complexity index is 885. The van der Waals surface area contributed by atoms with Crippen molar-refractivity contribution in [1.82, 2.24) is 0 Å². The van der Waals surface area contributed by atoms with Crippen molar-refractivity contribution in [2.45, 2.75) is 13.1 Å². The van der Waals surface area contributed by atoms with Gasteiger partial charge in [-0.1, -0.05) is 36.4 Å². The zero-order valence-corrected chi connectivity index (χ0v) is 17.3. The second-order valence-corrected chi connectivity index (χ2v) is 5.62. The van der Waals surface area contributed by atoms with Gasteiger partial charge in [0.2, 0.25) is 13.1 Å². The van der Waals surface area contributed by atoms with Crippen LogP contribution in [0.25, 0.3) is 21.5 Å². The normalized spacial score (nSPS) is 9.38. The van der Waals surface area contributed by atoms with E-state index in [2.05, 4.69) is 94.6 Å². The molecule has 0 saturated heterocycles. The van der Waals surface area contributed by atoms with Crippen molar-refractivity contribution in [3.8, 4) is 0 Å².